The molecule has 1 aromatic rings. The predicted octanol–water partition coefficient (Wildman–Crippen LogP) is 1.31. The number of oxime groups is 1. The zero-order valence-corrected chi connectivity index (χ0v) is 6.60. The number of nitrogens with zero attached hydrogens (tertiary/aromatic N) is 3. The van der Waals surface area contributed by atoms with E-state index in [-0.39, 0.29) is 0 Å². The molecule has 0 saturated heterocycles. The summed E-state index contributed by atoms with van der Waals surface area (Å²) in [6.45, 7) is 4.00. The summed E-state index contributed by atoms with van der Waals surface area (Å²) in [7, 11) is 0. The molecule has 0 aliphatic carbocycles. The van der Waals surface area contributed by atoms with Crippen molar-refractivity contribution in [2.45, 2.75) is 13.8 Å². The van der Waals surface area contributed by atoms with Gasteiger partial charge in [0.2, 0.25) is 0 Å². The lowest BCUT2D eigenvalue weighted by Crippen LogP contribution is -1.85. The van der Waals surface area contributed by atoms with Crippen LogP contribution >= 0.6 is 0 Å². The van der Waals surface area contributed by atoms with E-state index in [1.807, 2.05) is 13.8 Å². The van der Waals surface area contributed by atoms with Crippen molar-refractivity contribution in [3.8, 4) is 0 Å². The highest BCUT2D eigenvalue weighted by Crippen LogP contribution is 1.83. The number of hydrogen-bond acceptors (Lipinski definition) is 4. The van der Waals surface area contributed by atoms with Crippen molar-refractivity contribution in [2.24, 2.45) is 5.16 Å². The van der Waals surface area contributed by atoms with Crippen LogP contribution in [0.3, 0.4) is 0 Å². The number of rotatable bonds is 1. The minimum atomic E-state index is 0.590. The zero-order chi connectivity index (χ0) is 8.53. The van der Waals surface area contributed by atoms with Crippen molar-refractivity contribution >= 4 is 6.21 Å². The van der Waals surface area contributed by atoms with Crippen LogP contribution in [-0.4, -0.2) is 21.4 Å². The molecule has 0 aromatic carbocycles. The van der Waals surface area contributed by atoms with Crippen LogP contribution < -0.4 is 0 Å². The fraction of sp³-hybridized carbons (Fsp3) is 0.286. The van der Waals surface area contributed by atoms with Crippen LogP contribution in [0.1, 0.15) is 19.5 Å². The van der Waals surface area contributed by atoms with Crippen molar-refractivity contribution in [1.82, 2.24) is 9.97 Å². The molecule has 4 nitrogen and oxygen atoms in total. The molecule has 4 heteroatoms. The molecule has 1 N–H and O–H groups in total. The van der Waals surface area contributed by atoms with Gasteiger partial charge in [-0.25, -0.2) is 9.97 Å². The lowest BCUT2D eigenvalue weighted by atomic mass is 10.4. The third-order valence-electron chi connectivity index (χ3n) is 0.795. The summed E-state index contributed by atoms with van der Waals surface area (Å²) < 4.78 is 0. The Kier molecular flexibility index (Phi) is 5.79. The van der Waals surface area contributed by atoms with Gasteiger partial charge < -0.3 is 5.21 Å². The maximum atomic E-state index is 8.03. The molecule has 0 bridgehead atoms. The molecule has 0 atom stereocenters. The summed E-state index contributed by atoms with van der Waals surface area (Å²) in [6, 6.07) is 1.64. The van der Waals surface area contributed by atoms with Gasteiger partial charge in [-0.2, -0.15) is 0 Å². The summed E-state index contributed by atoms with van der Waals surface area (Å²) in [6.07, 6.45) is 4.20. The van der Waals surface area contributed by atoms with Gasteiger partial charge in [-0.15, -0.1) is 0 Å². The fourth-order valence-corrected chi connectivity index (χ4v) is 0.436. The molecule has 1 rings (SSSR count). The van der Waals surface area contributed by atoms with E-state index in [9.17, 15) is 0 Å². The Hall–Kier alpha value is -1.45. The number of aromatic nitrogens is 2. The first-order valence-corrected chi connectivity index (χ1v) is 3.37. The van der Waals surface area contributed by atoms with Crippen molar-refractivity contribution in [1.29, 1.82) is 0 Å². The highest BCUT2D eigenvalue weighted by Gasteiger charge is 1.82. The Morgan fingerprint density at radius 2 is 2.27 bits per heavy atom. The van der Waals surface area contributed by atoms with Crippen LogP contribution in [0.2, 0.25) is 0 Å². The Morgan fingerprint density at radius 1 is 1.55 bits per heavy atom. The molecule has 0 unspecified atom stereocenters. The molecule has 1 heterocycles. The summed E-state index contributed by atoms with van der Waals surface area (Å²) in [4.78, 5) is 7.42. The van der Waals surface area contributed by atoms with Crippen molar-refractivity contribution in [2.75, 3.05) is 0 Å². The molecular weight excluding hydrogens is 142 g/mol. The van der Waals surface area contributed by atoms with Crippen molar-refractivity contribution < 1.29 is 5.21 Å². The first kappa shape index (κ1) is 9.55. The van der Waals surface area contributed by atoms with Crippen LogP contribution in [0.4, 0.5) is 0 Å². The summed E-state index contributed by atoms with van der Waals surface area (Å²) in [5, 5.41) is 10.8. The van der Waals surface area contributed by atoms with Gasteiger partial charge in [-0.3, -0.25) is 0 Å². The van der Waals surface area contributed by atoms with E-state index in [2.05, 4.69) is 15.1 Å². The quantitative estimate of drug-likeness (QED) is 0.376. The largest absolute Gasteiger partial charge is 0.411 e. The predicted molar refractivity (Wildman–Crippen MR) is 42.8 cm³/mol. The van der Waals surface area contributed by atoms with Gasteiger partial charge in [-0.05, 0) is 6.07 Å². The molecule has 0 aliphatic heterocycles. The van der Waals surface area contributed by atoms with Crippen LogP contribution in [0.5, 0.6) is 0 Å². The normalized spacial score (nSPS) is 8.91. The van der Waals surface area contributed by atoms with Gasteiger partial charge in [-0.1, -0.05) is 19.0 Å². The van der Waals surface area contributed by atoms with E-state index < -0.39 is 0 Å². The Morgan fingerprint density at radius 3 is 2.73 bits per heavy atom. The summed E-state index contributed by atoms with van der Waals surface area (Å²) in [5.74, 6) is 0. The lowest BCUT2D eigenvalue weighted by Gasteiger charge is -1.84. The monoisotopic (exact) mass is 153 g/mol. The summed E-state index contributed by atoms with van der Waals surface area (Å²) >= 11 is 0. The topological polar surface area (TPSA) is 58.4 Å². The van der Waals surface area contributed by atoms with Gasteiger partial charge in [0.05, 0.1) is 11.9 Å². The maximum Gasteiger partial charge on any atom is 0.116 e. The van der Waals surface area contributed by atoms with E-state index in [0.717, 1.165) is 0 Å². The zero-order valence-electron chi connectivity index (χ0n) is 6.60. The second-order valence-corrected chi connectivity index (χ2v) is 1.38. The first-order valence-electron chi connectivity index (χ1n) is 3.37. The van der Waals surface area contributed by atoms with Gasteiger partial charge >= 0.3 is 0 Å². The third kappa shape index (κ3) is 4.02. The molecule has 0 spiro atoms. The SMILES string of the molecule is CC.O/N=C/c1ccncn1. The molecule has 0 aliphatic rings. The Balaban J connectivity index is 0.000000461. The highest BCUT2D eigenvalue weighted by molar-refractivity contribution is 5.75. The third-order valence-corrected chi connectivity index (χ3v) is 0.795. The van der Waals surface area contributed by atoms with Crippen molar-refractivity contribution in [3.63, 3.8) is 0 Å². The van der Waals surface area contributed by atoms with Crippen LogP contribution in [0.25, 0.3) is 0 Å². The molecule has 0 radical (unpaired) electrons. The molecule has 60 valence electrons. The molecule has 0 amide bonds. The summed E-state index contributed by atoms with van der Waals surface area (Å²) in [5.41, 5.74) is 0.590. The minimum absolute atomic E-state index is 0.590. The van der Waals surface area contributed by atoms with Gasteiger partial charge in [0.15, 0.2) is 0 Å². The average Bonchev–Trinajstić information content (AvgIpc) is 2.11. The van der Waals surface area contributed by atoms with Crippen LogP contribution in [0.15, 0.2) is 23.7 Å². The minimum Gasteiger partial charge on any atom is -0.411 e. The van der Waals surface area contributed by atoms with E-state index in [4.69, 9.17) is 5.21 Å². The van der Waals surface area contributed by atoms with E-state index in [1.54, 1.807) is 12.3 Å². The molecule has 11 heavy (non-hydrogen) atoms. The average molecular weight is 153 g/mol. The molecule has 0 fully saturated rings. The van der Waals surface area contributed by atoms with Crippen molar-refractivity contribution in [3.05, 3.63) is 24.3 Å². The molecule has 1 aromatic heterocycles. The van der Waals surface area contributed by atoms with Crippen LogP contribution in [-0.2, 0) is 0 Å². The highest BCUT2D eigenvalue weighted by atomic mass is 16.4. The van der Waals surface area contributed by atoms with Gasteiger partial charge in [0.1, 0.15) is 6.33 Å². The Labute approximate surface area is 65.6 Å². The van der Waals surface area contributed by atoms with E-state index >= 15 is 0 Å². The lowest BCUT2D eigenvalue weighted by molar-refractivity contribution is 0.321. The smallest absolute Gasteiger partial charge is 0.116 e. The Bertz CT molecular complexity index is 198. The van der Waals surface area contributed by atoms with Gasteiger partial charge in [0, 0.05) is 6.20 Å². The molecule has 0 saturated carbocycles. The molecular formula is C7H11N3O. The van der Waals surface area contributed by atoms with E-state index in [0.29, 0.717) is 5.69 Å². The number of hydrogen-bond donors (Lipinski definition) is 1. The second-order valence-electron chi connectivity index (χ2n) is 1.38. The van der Waals surface area contributed by atoms with Gasteiger partial charge in [0.25, 0.3) is 0 Å². The maximum absolute atomic E-state index is 8.03. The second kappa shape index (κ2) is 6.67. The van der Waals surface area contributed by atoms with E-state index in [1.165, 1.54) is 12.5 Å². The van der Waals surface area contributed by atoms with Crippen LogP contribution in [0, 0.1) is 0 Å². The fourth-order valence-electron chi connectivity index (χ4n) is 0.436. The standard InChI is InChI=1S/C5H5N3O.C2H6/c9-8-3-5-1-2-6-4-7-5;1-2/h1-4,9H;1-2H3/b8-3+;. The first-order chi connectivity index (χ1) is 5.43.